The summed E-state index contributed by atoms with van der Waals surface area (Å²) in [6.07, 6.45) is 1.57. The molecule has 1 N–H and O–H groups in total. The van der Waals surface area contributed by atoms with Gasteiger partial charge in [0.15, 0.2) is 0 Å². The van der Waals surface area contributed by atoms with Crippen LogP contribution in [0.2, 0.25) is 5.02 Å². The first-order chi connectivity index (χ1) is 9.00. The van der Waals surface area contributed by atoms with E-state index in [1.807, 2.05) is 19.1 Å². The molecular weight excluding hydrogens is 262 g/mol. The van der Waals surface area contributed by atoms with Gasteiger partial charge >= 0.3 is 0 Å². The summed E-state index contributed by atoms with van der Waals surface area (Å²) >= 11 is 6.03. The molecule has 0 fully saturated rings. The van der Waals surface area contributed by atoms with E-state index in [2.05, 4.69) is 29.5 Å². The van der Waals surface area contributed by atoms with Crippen LogP contribution in [0.5, 0.6) is 0 Å². The minimum absolute atomic E-state index is 0.0487. The third-order valence-corrected chi connectivity index (χ3v) is 3.47. The molecule has 100 valence electrons. The Morgan fingerprint density at radius 3 is 2.74 bits per heavy atom. The number of benzene rings is 1. The van der Waals surface area contributed by atoms with E-state index in [-0.39, 0.29) is 16.6 Å². The average molecular weight is 278 g/mol. The first kappa shape index (κ1) is 13.6. The normalized spacial score (nSPS) is 12.2. The van der Waals surface area contributed by atoms with Gasteiger partial charge in [-0.2, -0.15) is 5.10 Å². The largest absolute Gasteiger partial charge is 0.376 e. The Balaban J connectivity index is 2.30. The molecule has 1 atom stereocenters. The van der Waals surface area contributed by atoms with Crippen LogP contribution < -0.4 is 10.9 Å². The Bertz CT molecular complexity index is 651. The standard InChI is InChI=1S/C14H16ClN3O/c1-9-6-4-5-7-11(9)10(2)17-12-8-16-18(3)14(19)13(12)15/h4-8,10,17H,1-3H3. The van der Waals surface area contributed by atoms with Gasteiger partial charge in [-0.3, -0.25) is 4.79 Å². The molecule has 0 radical (unpaired) electrons. The monoisotopic (exact) mass is 277 g/mol. The third-order valence-electron chi connectivity index (χ3n) is 3.11. The number of halogens is 1. The number of nitrogens with one attached hydrogen (secondary N) is 1. The smallest absolute Gasteiger partial charge is 0.287 e. The lowest BCUT2D eigenvalue weighted by Crippen LogP contribution is -2.21. The van der Waals surface area contributed by atoms with E-state index < -0.39 is 0 Å². The van der Waals surface area contributed by atoms with E-state index in [1.165, 1.54) is 15.8 Å². The van der Waals surface area contributed by atoms with Gasteiger partial charge in [-0.05, 0) is 25.0 Å². The molecule has 1 unspecified atom stereocenters. The summed E-state index contributed by atoms with van der Waals surface area (Å²) in [6, 6.07) is 8.14. The lowest BCUT2D eigenvalue weighted by atomic mass is 10.0. The van der Waals surface area contributed by atoms with Crippen LogP contribution >= 0.6 is 11.6 Å². The molecule has 1 aromatic heterocycles. The van der Waals surface area contributed by atoms with Gasteiger partial charge in [-0.25, -0.2) is 4.68 Å². The number of aromatic nitrogens is 2. The van der Waals surface area contributed by atoms with Crippen molar-refractivity contribution in [3.05, 3.63) is 57.0 Å². The summed E-state index contributed by atoms with van der Waals surface area (Å²) in [4.78, 5) is 11.7. The van der Waals surface area contributed by atoms with E-state index in [0.29, 0.717) is 5.69 Å². The summed E-state index contributed by atoms with van der Waals surface area (Å²) in [5.41, 5.74) is 2.61. The van der Waals surface area contributed by atoms with Crippen molar-refractivity contribution < 1.29 is 0 Å². The number of nitrogens with zero attached hydrogens (tertiary/aromatic N) is 2. The van der Waals surface area contributed by atoms with E-state index >= 15 is 0 Å². The second kappa shape index (κ2) is 5.45. The number of anilines is 1. The Labute approximate surface area is 117 Å². The molecule has 0 aliphatic rings. The first-order valence-corrected chi connectivity index (χ1v) is 6.42. The molecule has 2 rings (SSSR count). The van der Waals surface area contributed by atoms with Crippen LogP contribution in [0.3, 0.4) is 0 Å². The molecule has 0 aliphatic carbocycles. The highest BCUT2D eigenvalue weighted by Crippen LogP contribution is 2.24. The minimum atomic E-state index is -0.302. The topological polar surface area (TPSA) is 46.9 Å². The van der Waals surface area contributed by atoms with Crippen LogP contribution in [0, 0.1) is 6.92 Å². The fourth-order valence-electron chi connectivity index (χ4n) is 1.99. The molecular formula is C14H16ClN3O. The van der Waals surface area contributed by atoms with Crippen LogP contribution in [0.1, 0.15) is 24.1 Å². The zero-order chi connectivity index (χ0) is 14.0. The van der Waals surface area contributed by atoms with Gasteiger partial charge in [0.1, 0.15) is 5.02 Å². The molecule has 4 nitrogen and oxygen atoms in total. The van der Waals surface area contributed by atoms with Crippen molar-refractivity contribution in [2.75, 3.05) is 5.32 Å². The summed E-state index contributed by atoms with van der Waals surface area (Å²) in [5, 5.41) is 7.36. The Morgan fingerprint density at radius 2 is 2.05 bits per heavy atom. The van der Waals surface area contributed by atoms with Crippen molar-refractivity contribution >= 4 is 17.3 Å². The molecule has 0 spiro atoms. The highest BCUT2D eigenvalue weighted by molar-refractivity contribution is 6.32. The molecule has 1 aromatic carbocycles. The minimum Gasteiger partial charge on any atom is -0.376 e. The predicted octanol–water partition coefficient (Wildman–Crippen LogP) is 2.92. The summed E-state index contributed by atoms with van der Waals surface area (Å²) in [7, 11) is 1.57. The van der Waals surface area contributed by atoms with Gasteiger partial charge < -0.3 is 5.32 Å². The fourth-order valence-corrected chi connectivity index (χ4v) is 2.22. The van der Waals surface area contributed by atoms with Crippen LogP contribution in [0.15, 0.2) is 35.3 Å². The lowest BCUT2D eigenvalue weighted by molar-refractivity contribution is 0.706. The summed E-state index contributed by atoms with van der Waals surface area (Å²) in [5.74, 6) is 0. The molecule has 0 amide bonds. The van der Waals surface area contributed by atoms with Crippen molar-refractivity contribution in [2.45, 2.75) is 19.9 Å². The third kappa shape index (κ3) is 2.79. The van der Waals surface area contributed by atoms with Crippen molar-refractivity contribution in [3.63, 3.8) is 0 Å². The molecule has 1 heterocycles. The summed E-state index contributed by atoms with van der Waals surface area (Å²) < 4.78 is 1.21. The highest BCUT2D eigenvalue weighted by Gasteiger charge is 2.12. The van der Waals surface area contributed by atoms with E-state index in [9.17, 15) is 4.79 Å². The molecule has 0 bridgehead atoms. The second-order valence-electron chi connectivity index (χ2n) is 4.52. The zero-order valence-electron chi connectivity index (χ0n) is 11.1. The Hall–Kier alpha value is -1.81. The van der Waals surface area contributed by atoms with Gasteiger partial charge in [-0.1, -0.05) is 35.9 Å². The average Bonchev–Trinajstić information content (AvgIpc) is 2.40. The van der Waals surface area contributed by atoms with Gasteiger partial charge in [-0.15, -0.1) is 0 Å². The number of hydrogen-bond acceptors (Lipinski definition) is 3. The number of aryl methyl sites for hydroxylation is 2. The van der Waals surface area contributed by atoms with Crippen LogP contribution in [-0.4, -0.2) is 9.78 Å². The molecule has 19 heavy (non-hydrogen) atoms. The van der Waals surface area contributed by atoms with E-state index in [0.717, 1.165) is 0 Å². The second-order valence-corrected chi connectivity index (χ2v) is 4.90. The molecule has 5 heteroatoms. The Morgan fingerprint density at radius 1 is 1.37 bits per heavy atom. The first-order valence-electron chi connectivity index (χ1n) is 6.04. The van der Waals surface area contributed by atoms with Crippen molar-refractivity contribution in [3.8, 4) is 0 Å². The Kier molecular flexibility index (Phi) is 3.90. The van der Waals surface area contributed by atoms with Crippen molar-refractivity contribution in [1.29, 1.82) is 0 Å². The van der Waals surface area contributed by atoms with Crippen LogP contribution in [0.25, 0.3) is 0 Å². The van der Waals surface area contributed by atoms with E-state index in [1.54, 1.807) is 13.2 Å². The van der Waals surface area contributed by atoms with Crippen LogP contribution in [-0.2, 0) is 7.05 Å². The molecule has 0 aliphatic heterocycles. The lowest BCUT2D eigenvalue weighted by Gasteiger charge is -2.18. The molecule has 0 saturated carbocycles. The zero-order valence-corrected chi connectivity index (χ0v) is 11.9. The van der Waals surface area contributed by atoms with Gasteiger partial charge in [0.2, 0.25) is 0 Å². The van der Waals surface area contributed by atoms with Crippen molar-refractivity contribution in [1.82, 2.24) is 9.78 Å². The van der Waals surface area contributed by atoms with Gasteiger partial charge in [0.05, 0.1) is 11.9 Å². The van der Waals surface area contributed by atoms with E-state index in [4.69, 9.17) is 11.6 Å². The SMILES string of the molecule is Cc1ccccc1C(C)Nc1cnn(C)c(=O)c1Cl. The van der Waals surface area contributed by atoms with Gasteiger partial charge in [0.25, 0.3) is 5.56 Å². The number of hydrogen-bond donors (Lipinski definition) is 1. The quantitative estimate of drug-likeness (QED) is 0.938. The maximum absolute atomic E-state index is 11.7. The molecule has 0 saturated heterocycles. The number of rotatable bonds is 3. The maximum Gasteiger partial charge on any atom is 0.287 e. The highest BCUT2D eigenvalue weighted by atomic mass is 35.5. The summed E-state index contributed by atoms with van der Waals surface area (Å²) in [6.45, 7) is 4.08. The van der Waals surface area contributed by atoms with Crippen LogP contribution in [0.4, 0.5) is 5.69 Å². The van der Waals surface area contributed by atoms with Gasteiger partial charge in [0, 0.05) is 13.1 Å². The fraction of sp³-hybridized carbons (Fsp3) is 0.286. The maximum atomic E-state index is 11.7. The van der Waals surface area contributed by atoms with Crippen molar-refractivity contribution in [2.24, 2.45) is 7.05 Å². The molecule has 2 aromatic rings. The predicted molar refractivity (Wildman–Crippen MR) is 77.7 cm³/mol.